The molecule has 1 aromatic heterocycles. The van der Waals surface area contributed by atoms with Crippen molar-refractivity contribution in [3.63, 3.8) is 0 Å². The van der Waals surface area contributed by atoms with Gasteiger partial charge in [-0.1, -0.05) is 11.6 Å². The van der Waals surface area contributed by atoms with Crippen molar-refractivity contribution in [2.45, 2.75) is 0 Å². The lowest BCUT2D eigenvalue weighted by Gasteiger charge is -2.01. The van der Waals surface area contributed by atoms with E-state index in [-0.39, 0.29) is 16.4 Å². The molecule has 1 rings (SSSR count). The summed E-state index contributed by atoms with van der Waals surface area (Å²) in [6.07, 6.45) is 2.37. The van der Waals surface area contributed by atoms with E-state index in [1.165, 1.54) is 6.34 Å². The van der Waals surface area contributed by atoms with Crippen molar-refractivity contribution in [1.82, 2.24) is 20.3 Å². The molecule has 0 unspecified atom stereocenters. The van der Waals surface area contributed by atoms with Gasteiger partial charge < -0.3 is 9.88 Å². The maximum Gasteiger partial charge on any atom is 0.326 e. The molecule has 0 aliphatic heterocycles. The molecule has 3 N–H and O–H groups in total. The van der Waals surface area contributed by atoms with E-state index in [1.807, 2.05) is 10.4 Å². The summed E-state index contributed by atoms with van der Waals surface area (Å²) in [5.74, 6) is -0.838. The largest absolute Gasteiger partial charge is 0.369 e. The van der Waals surface area contributed by atoms with E-state index in [0.717, 1.165) is 12.3 Å². The van der Waals surface area contributed by atoms with E-state index in [1.54, 1.807) is 25.1 Å². The molecule has 0 bridgehead atoms. The van der Waals surface area contributed by atoms with Crippen LogP contribution in [0, 0.1) is 11.3 Å². The standard InChI is InChI=1S/C12H12ClN7O3/c1-20(2)6-15-10(13)7(4-14)5-16-19-11(22)8-3-9(21)18-12(23)17-8/h3,5-6H,1-2H3,(H,19,22)(H2,17,18,21,23). The molecule has 0 aromatic carbocycles. The van der Waals surface area contributed by atoms with Crippen molar-refractivity contribution in [2.75, 3.05) is 14.1 Å². The Kier molecular flexibility index (Phi) is 6.45. The summed E-state index contributed by atoms with van der Waals surface area (Å²) in [4.78, 5) is 43.3. The lowest BCUT2D eigenvalue weighted by Crippen LogP contribution is -2.28. The number of nitriles is 1. The summed E-state index contributed by atoms with van der Waals surface area (Å²) in [5.41, 5.74) is 0.101. The second-order valence-corrected chi connectivity index (χ2v) is 4.58. The van der Waals surface area contributed by atoms with E-state index in [4.69, 9.17) is 16.9 Å². The summed E-state index contributed by atoms with van der Waals surface area (Å²) in [5, 5.41) is 12.3. The van der Waals surface area contributed by atoms with Crippen LogP contribution in [-0.2, 0) is 0 Å². The normalized spacial score (nSPS) is 12.1. The average molecular weight is 338 g/mol. The second-order valence-electron chi connectivity index (χ2n) is 4.22. The average Bonchev–Trinajstić information content (AvgIpc) is 2.48. The predicted molar refractivity (Wildman–Crippen MR) is 84.3 cm³/mol. The van der Waals surface area contributed by atoms with Gasteiger partial charge in [0.05, 0.1) is 12.6 Å². The molecule has 0 aliphatic carbocycles. The molecule has 0 fully saturated rings. The number of aliphatic imine (C=N–C) groups is 1. The monoisotopic (exact) mass is 337 g/mol. The highest BCUT2D eigenvalue weighted by atomic mass is 35.5. The highest BCUT2D eigenvalue weighted by Crippen LogP contribution is 2.08. The summed E-state index contributed by atoms with van der Waals surface area (Å²) < 4.78 is 0. The summed E-state index contributed by atoms with van der Waals surface area (Å²) >= 11 is 5.80. The molecule has 1 heterocycles. The van der Waals surface area contributed by atoms with Crippen molar-refractivity contribution < 1.29 is 4.79 Å². The summed E-state index contributed by atoms with van der Waals surface area (Å²) in [7, 11) is 3.44. The van der Waals surface area contributed by atoms with E-state index in [2.05, 4.69) is 15.1 Å². The maximum atomic E-state index is 11.7. The summed E-state index contributed by atoms with van der Waals surface area (Å²) in [6, 6.07) is 2.65. The highest BCUT2D eigenvalue weighted by Gasteiger charge is 2.07. The Morgan fingerprint density at radius 1 is 1.43 bits per heavy atom. The van der Waals surface area contributed by atoms with Crippen LogP contribution in [0.3, 0.4) is 0 Å². The van der Waals surface area contributed by atoms with Gasteiger partial charge in [-0.15, -0.1) is 0 Å². The molecule has 10 nitrogen and oxygen atoms in total. The minimum atomic E-state index is -0.838. The van der Waals surface area contributed by atoms with E-state index in [0.29, 0.717) is 0 Å². The van der Waals surface area contributed by atoms with Crippen molar-refractivity contribution in [3.05, 3.63) is 43.3 Å². The number of hydrogen-bond acceptors (Lipinski definition) is 6. The number of nitrogens with one attached hydrogen (secondary N) is 3. The lowest BCUT2D eigenvalue weighted by atomic mass is 10.3. The Morgan fingerprint density at radius 2 is 2.13 bits per heavy atom. The number of nitrogens with zero attached hydrogens (tertiary/aromatic N) is 4. The van der Waals surface area contributed by atoms with Crippen molar-refractivity contribution in [1.29, 1.82) is 5.26 Å². The van der Waals surface area contributed by atoms with Gasteiger partial charge in [0.1, 0.15) is 22.5 Å². The van der Waals surface area contributed by atoms with Gasteiger partial charge in [-0.05, 0) is 0 Å². The van der Waals surface area contributed by atoms with Gasteiger partial charge in [-0.25, -0.2) is 15.2 Å². The number of allylic oxidation sites excluding steroid dienone is 1. The number of rotatable bonds is 5. The fraction of sp³-hybridized carbons (Fsp3) is 0.167. The topological polar surface area (TPSA) is 147 Å². The Hall–Kier alpha value is -3.19. The quantitative estimate of drug-likeness (QED) is 0.214. The predicted octanol–water partition coefficient (Wildman–Crippen LogP) is -0.657. The molecule has 120 valence electrons. The van der Waals surface area contributed by atoms with Gasteiger partial charge in [0.15, 0.2) is 0 Å². The number of H-pyrrole nitrogens is 2. The van der Waals surface area contributed by atoms with E-state index in [9.17, 15) is 14.4 Å². The van der Waals surface area contributed by atoms with E-state index >= 15 is 0 Å². The molecule has 0 spiro atoms. The zero-order valence-electron chi connectivity index (χ0n) is 12.1. The number of halogens is 1. The zero-order valence-corrected chi connectivity index (χ0v) is 12.9. The van der Waals surface area contributed by atoms with Crippen LogP contribution in [0.1, 0.15) is 10.5 Å². The molecule has 11 heteroatoms. The molecular weight excluding hydrogens is 326 g/mol. The molecule has 1 amide bonds. The number of amides is 1. The third kappa shape index (κ3) is 5.98. The molecule has 0 aliphatic rings. The Labute approximate surface area is 134 Å². The fourth-order valence-electron chi connectivity index (χ4n) is 1.17. The first-order chi connectivity index (χ1) is 10.8. The number of carbonyl (C=O) groups excluding carboxylic acids is 1. The van der Waals surface area contributed by atoms with Crippen LogP contribution in [0.15, 0.2) is 36.5 Å². The molecule has 1 aromatic rings. The Bertz CT molecular complexity index is 798. The number of carbonyl (C=O) groups is 1. The Balaban J connectivity index is 2.86. The smallest absolute Gasteiger partial charge is 0.326 e. The van der Waals surface area contributed by atoms with Gasteiger partial charge >= 0.3 is 5.69 Å². The number of aromatic nitrogens is 2. The third-order valence-corrected chi connectivity index (χ3v) is 2.41. The molecule has 23 heavy (non-hydrogen) atoms. The first kappa shape index (κ1) is 17.9. The highest BCUT2D eigenvalue weighted by molar-refractivity contribution is 6.31. The van der Waals surface area contributed by atoms with Crippen LogP contribution in [0.4, 0.5) is 0 Å². The maximum absolute atomic E-state index is 11.7. The molecular formula is C12H12ClN7O3. The number of hydrazone groups is 1. The second kappa shape index (κ2) is 8.30. The SMILES string of the molecule is CN(C)C=NC(Cl)=C(C#N)C=NNC(=O)c1cc(=O)[nH]c(=O)[nH]1. The van der Waals surface area contributed by atoms with E-state index < -0.39 is 17.2 Å². The zero-order chi connectivity index (χ0) is 17.4. The van der Waals surface area contributed by atoms with Crippen molar-refractivity contribution in [3.8, 4) is 6.07 Å². The van der Waals surface area contributed by atoms with Crippen molar-refractivity contribution >= 4 is 30.1 Å². The van der Waals surface area contributed by atoms with Gasteiger partial charge in [-0.3, -0.25) is 14.6 Å². The van der Waals surface area contributed by atoms with Crippen LogP contribution < -0.4 is 16.7 Å². The Morgan fingerprint density at radius 3 is 2.70 bits per heavy atom. The van der Waals surface area contributed by atoms with Crippen LogP contribution in [0.25, 0.3) is 0 Å². The third-order valence-electron chi connectivity index (χ3n) is 2.11. The minimum absolute atomic E-state index is 0.0931. The van der Waals surface area contributed by atoms with Crippen LogP contribution >= 0.6 is 11.6 Å². The molecule has 0 saturated carbocycles. The van der Waals surface area contributed by atoms with Crippen LogP contribution in [0.2, 0.25) is 0 Å². The molecule has 0 saturated heterocycles. The first-order valence-electron chi connectivity index (χ1n) is 6.01. The van der Waals surface area contributed by atoms with Gasteiger partial charge in [0.25, 0.3) is 11.5 Å². The fourth-order valence-corrected chi connectivity index (χ4v) is 1.31. The van der Waals surface area contributed by atoms with Crippen LogP contribution in [-0.4, -0.2) is 47.4 Å². The summed E-state index contributed by atoms with van der Waals surface area (Å²) in [6.45, 7) is 0. The van der Waals surface area contributed by atoms with Gasteiger partial charge in [0, 0.05) is 20.2 Å². The number of hydrogen-bond donors (Lipinski definition) is 3. The first-order valence-corrected chi connectivity index (χ1v) is 6.39. The molecule has 0 atom stereocenters. The minimum Gasteiger partial charge on any atom is -0.369 e. The van der Waals surface area contributed by atoms with Gasteiger partial charge in [0.2, 0.25) is 0 Å². The van der Waals surface area contributed by atoms with Crippen molar-refractivity contribution in [2.24, 2.45) is 10.1 Å². The molecule has 0 radical (unpaired) electrons. The lowest BCUT2D eigenvalue weighted by molar-refractivity contribution is 0.0949. The van der Waals surface area contributed by atoms with Crippen LogP contribution in [0.5, 0.6) is 0 Å². The van der Waals surface area contributed by atoms with Gasteiger partial charge in [-0.2, -0.15) is 10.4 Å². The number of aromatic amines is 2.